The fraction of sp³-hybridized carbons (Fsp3) is 0.316. The first-order valence-electron chi connectivity index (χ1n) is 8.57. The monoisotopic (exact) mass is 386 g/mol. The fourth-order valence-corrected chi connectivity index (χ4v) is 3.30. The number of hydrogen-bond donors (Lipinski definition) is 1. The van der Waals surface area contributed by atoms with Gasteiger partial charge < -0.3 is 19.0 Å². The van der Waals surface area contributed by atoms with Gasteiger partial charge in [0.15, 0.2) is 16.7 Å². The van der Waals surface area contributed by atoms with Crippen LogP contribution in [0.2, 0.25) is 0 Å². The van der Waals surface area contributed by atoms with E-state index in [2.05, 4.69) is 21.6 Å². The maximum atomic E-state index is 12.0. The van der Waals surface area contributed by atoms with Gasteiger partial charge in [-0.1, -0.05) is 29.5 Å². The summed E-state index contributed by atoms with van der Waals surface area (Å²) in [6.07, 6.45) is 1.59. The van der Waals surface area contributed by atoms with E-state index < -0.39 is 0 Å². The number of thioether (sulfide) groups is 1. The van der Waals surface area contributed by atoms with E-state index in [4.69, 9.17) is 9.15 Å². The molecule has 0 radical (unpaired) electrons. The highest BCUT2D eigenvalue weighted by atomic mass is 32.2. The molecule has 2 heterocycles. The number of nitrogens with one attached hydrogen (secondary N) is 1. The maximum absolute atomic E-state index is 12.0. The molecular weight excluding hydrogens is 364 g/mol. The van der Waals surface area contributed by atoms with E-state index in [-0.39, 0.29) is 11.7 Å². The number of ether oxygens (including phenoxy) is 1. The molecule has 1 amide bonds. The number of benzene rings is 1. The fourth-order valence-electron chi connectivity index (χ4n) is 2.55. The highest BCUT2D eigenvalue weighted by molar-refractivity contribution is 7.99. The van der Waals surface area contributed by atoms with Crippen molar-refractivity contribution in [3.8, 4) is 17.3 Å². The van der Waals surface area contributed by atoms with Crippen LogP contribution >= 0.6 is 11.8 Å². The molecule has 0 saturated carbocycles. The molecule has 0 saturated heterocycles. The van der Waals surface area contributed by atoms with Crippen LogP contribution < -0.4 is 10.1 Å². The summed E-state index contributed by atoms with van der Waals surface area (Å²) in [7, 11) is 1.84. The van der Waals surface area contributed by atoms with Gasteiger partial charge in [-0.25, -0.2) is 0 Å². The van der Waals surface area contributed by atoms with E-state index in [1.54, 1.807) is 16.9 Å². The van der Waals surface area contributed by atoms with Crippen LogP contribution in [0.1, 0.15) is 11.1 Å². The predicted molar refractivity (Wildman–Crippen MR) is 104 cm³/mol. The van der Waals surface area contributed by atoms with Crippen molar-refractivity contribution < 1.29 is 13.9 Å². The van der Waals surface area contributed by atoms with E-state index in [1.165, 1.54) is 17.3 Å². The molecule has 8 heteroatoms. The van der Waals surface area contributed by atoms with Gasteiger partial charge in [-0.2, -0.15) is 0 Å². The third kappa shape index (κ3) is 4.91. The molecule has 0 fully saturated rings. The molecule has 2 aromatic heterocycles. The second kappa shape index (κ2) is 8.77. The number of aryl methyl sites for hydroxylation is 2. The van der Waals surface area contributed by atoms with Crippen molar-refractivity contribution >= 4 is 17.7 Å². The summed E-state index contributed by atoms with van der Waals surface area (Å²) in [6.45, 7) is 4.93. The van der Waals surface area contributed by atoms with Crippen molar-refractivity contribution in [2.24, 2.45) is 7.05 Å². The molecule has 1 aromatic carbocycles. The third-order valence-electron chi connectivity index (χ3n) is 3.92. The molecule has 27 heavy (non-hydrogen) atoms. The van der Waals surface area contributed by atoms with Crippen molar-refractivity contribution in [2.45, 2.75) is 19.0 Å². The van der Waals surface area contributed by atoms with Crippen LogP contribution in [0.3, 0.4) is 0 Å². The molecule has 142 valence electrons. The van der Waals surface area contributed by atoms with E-state index in [0.29, 0.717) is 29.9 Å². The van der Waals surface area contributed by atoms with Gasteiger partial charge in [0.25, 0.3) is 0 Å². The van der Waals surface area contributed by atoms with E-state index in [9.17, 15) is 4.79 Å². The lowest BCUT2D eigenvalue weighted by atomic mass is 10.1. The smallest absolute Gasteiger partial charge is 0.230 e. The number of amides is 1. The summed E-state index contributed by atoms with van der Waals surface area (Å²) in [5, 5.41) is 11.7. The lowest BCUT2D eigenvalue weighted by molar-refractivity contribution is -0.118. The van der Waals surface area contributed by atoms with Gasteiger partial charge in [0, 0.05) is 7.05 Å². The van der Waals surface area contributed by atoms with Gasteiger partial charge in [-0.15, -0.1) is 10.2 Å². The number of hydrogen-bond acceptors (Lipinski definition) is 6. The van der Waals surface area contributed by atoms with Gasteiger partial charge in [0.05, 0.1) is 18.6 Å². The lowest BCUT2D eigenvalue weighted by Crippen LogP contribution is -2.29. The summed E-state index contributed by atoms with van der Waals surface area (Å²) in [5.74, 6) is 2.29. The van der Waals surface area contributed by atoms with E-state index in [1.807, 2.05) is 39.1 Å². The van der Waals surface area contributed by atoms with Crippen LogP contribution in [-0.2, 0) is 11.8 Å². The summed E-state index contributed by atoms with van der Waals surface area (Å²) >= 11 is 1.33. The predicted octanol–water partition coefficient (Wildman–Crippen LogP) is 2.98. The minimum absolute atomic E-state index is 0.0771. The van der Waals surface area contributed by atoms with Gasteiger partial charge in [-0.05, 0) is 37.6 Å². The Balaban J connectivity index is 1.41. The number of carbonyl (C=O) groups is 1. The topological polar surface area (TPSA) is 82.2 Å². The average molecular weight is 386 g/mol. The zero-order valence-corrected chi connectivity index (χ0v) is 16.4. The number of nitrogens with zero attached hydrogens (tertiary/aromatic N) is 3. The quantitative estimate of drug-likeness (QED) is 0.473. The molecule has 7 nitrogen and oxygen atoms in total. The standard InChI is InChI=1S/C19H22N4O3S/c1-13-6-7-15(14(2)11-13)26-10-8-20-17(24)12-27-19-22-21-18(23(19)3)16-5-4-9-25-16/h4-7,9,11H,8,10,12H2,1-3H3,(H,20,24). The first-order chi connectivity index (χ1) is 13.0. The Morgan fingerprint density at radius 2 is 2.15 bits per heavy atom. The Hall–Kier alpha value is -2.74. The zero-order valence-electron chi connectivity index (χ0n) is 15.6. The van der Waals surface area contributed by atoms with Crippen LogP contribution in [0.4, 0.5) is 0 Å². The second-order valence-electron chi connectivity index (χ2n) is 6.10. The highest BCUT2D eigenvalue weighted by Gasteiger charge is 2.14. The molecule has 0 spiro atoms. The molecule has 1 N–H and O–H groups in total. The Morgan fingerprint density at radius 3 is 2.89 bits per heavy atom. The highest BCUT2D eigenvalue weighted by Crippen LogP contribution is 2.22. The molecule has 0 aliphatic heterocycles. The lowest BCUT2D eigenvalue weighted by Gasteiger charge is -2.10. The van der Waals surface area contributed by atoms with Crippen LogP contribution in [0, 0.1) is 13.8 Å². The van der Waals surface area contributed by atoms with Crippen molar-refractivity contribution in [1.29, 1.82) is 0 Å². The summed E-state index contributed by atoms with van der Waals surface area (Å²) < 4.78 is 12.8. The van der Waals surface area contributed by atoms with E-state index >= 15 is 0 Å². The summed E-state index contributed by atoms with van der Waals surface area (Å²) in [5.41, 5.74) is 2.29. The van der Waals surface area contributed by atoms with Crippen LogP contribution in [0.15, 0.2) is 46.2 Å². The largest absolute Gasteiger partial charge is 0.491 e. The molecule has 0 unspecified atom stereocenters. The number of carbonyl (C=O) groups excluding carboxylic acids is 1. The van der Waals surface area contributed by atoms with Gasteiger partial charge in [0.1, 0.15) is 12.4 Å². The van der Waals surface area contributed by atoms with Crippen molar-refractivity contribution in [3.63, 3.8) is 0 Å². The van der Waals surface area contributed by atoms with Crippen LogP contribution in [0.5, 0.6) is 5.75 Å². The number of furan rings is 1. The molecule has 0 bridgehead atoms. The summed E-state index contributed by atoms with van der Waals surface area (Å²) in [6, 6.07) is 9.65. The van der Waals surface area contributed by atoms with Crippen molar-refractivity contribution in [3.05, 3.63) is 47.7 Å². The first-order valence-corrected chi connectivity index (χ1v) is 9.56. The van der Waals surface area contributed by atoms with Crippen molar-refractivity contribution in [1.82, 2.24) is 20.1 Å². The molecule has 3 rings (SSSR count). The van der Waals surface area contributed by atoms with Crippen molar-refractivity contribution in [2.75, 3.05) is 18.9 Å². The number of rotatable bonds is 8. The Labute approximate surface area is 162 Å². The molecule has 0 aliphatic rings. The first kappa shape index (κ1) is 19.0. The van der Waals surface area contributed by atoms with Crippen LogP contribution in [0.25, 0.3) is 11.6 Å². The Morgan fingerprint density at radius 1 is 1.30 bits per heavy atom. The zero-order chi connectivity index (χ0) is 19.2. The molecule has 3 aromatic rings. The number of aromatic nitrogens is 3. The maximum Gasteiger partial charge on any atom is 0.230 e. The molecule has 0 atom stereocenters. The molecular formula is C19H22N4O3S. The molecule has 0 aliphatic carbocycles. The van der Waals surface area contributed by atoms with Crippen LogP contribution in [-0.4, -0.2) is 39.6 Å². The Kier molecular flexibility index (Phi) is 6.18. The minimum atomic E-state index is -0.0771. The minimum Gasteiger partial charge on any atom is -0.491 e. The normalized spacial score (nSPS) is 10.8. The summed E-state index contributed by atoms with van der Waals surface area (Å²) in [4.78, 5) is 12.0. The Bertz CT molecular complexity index is 906. The SMILES string of the molecule is Cc1ccc(OCCNC(=O)CSc2nnc(-c3ccco3)n2C)c(C)c1. The van der Waals surface area contributed by atoms with E-state index in [0.717, 1.165) is 11.3 Å². The van der Waals surface area contributed by atoms with Gasteiger partial charge in [0.2, 0.25) is 5.91 Å². The third-order valence-corrected chi connectivity index (χ3v) is 4.94. The second-order valence-corrected chi connectivity index (χ2v) is 7.04. The average Bonchev–Trinajstić information content (AvgIpc) is 3.28. The van der Waals surface area contributed by atoms with Gasteiger partial charge in [-0.3, -0.25) is 4.79 Å². The van der Waals surface area contributed by atoms with Gasteiger partial charge >= 0.3 is 0 Å².